The molecule has 0 spiro atoms. The molecule has 0 aromatic heterocycles. The summed E-state index contributed by atoms with van der Waals surface area (Å²) >= 11 is 0. The Balaban J connectivity index is 1.96. The Hall–Kier alpha value is -2.27. The third-order valence-corrected chi connectivity index (χ3v) is 6.80. The van der Waals surface area contributed by atoms with E-state index in [-0.39, 0.29) is 22.8 Å². The monoisotopic (exact) mass is 439 g/mol. The Bertz CT molecular complexity index is 1060. The van der Waals surface area contributed by atoms with Crippen LogP contribution in [0.5, 0.6) is 0 Å². The van der Waals surface area contributed by atoms with Gasteiger partial charge in [-0.15, -0.1) is 0 Å². The second-order valence-corrected chi connectivity index (χ2v) is 10.8. The molecule has 8 nitrogen and oxygen atoms in total. The number of benzene rings is 2. The van der Waals surface area contributed by atoms with Gasteiger partial charge >= 0.3 is 0 Å². The fourth-order valence-corrected chi connectivity index (χ4v) is 4.93. The third-order valence-electron chi connectivity index (χ3n) is 3.57. The maximum absolute atomic E-state index is 12.4. The van der Waals surface area contributed by atoms with E-state index in [1.165, 1.54) is 30.3 Å². The molecule has 0 bridgehead atoms. The average molecular weight is 440 g/mol. The molecule has 1 amide bonds. The van der Waals surface area contributed by atoms with Crippen LogP contribution in [0, 0.1) is 0 Å². The molecule has 10 heteroatoms. The highest BCUT2D eigenvalue weighted by Crippen LogP contribution is 2.17. The van der Waals surface area contributed by atoms with Gasteiger partial charge in [0.15, 0.2) is 0 Å². The summed E-state index contributed by atoms with van der Waals surface area (Å²) in [5.74, 6) is -0.445. The van der Waals surface area contributed by atoms with Crippen LogP contribution in [0.3, 0.4) is 0 Å². The summed E-state index contributed by atoms with van der Waals surface area (Å²) < 4.78 is 54.0. The van der Waals surface area contributed by atoms with Gasteiger partial charge < -0.3 is 5.32 Å². The van der Waals surface area contributed by atoms with Crippen LogP contribution in [0.25, 0.3) is 0 Å². The van der Waals surface area contributed by atoms with Gasteiger partial charge in [-0.3, -0.25) is 4.79 Å². The molecule has 0 saturated heterocycles. The highest BCUT2D eigenvalue weighted by Gasteiger charge is 2.22. The summed E-state index contributed by atoms with van der Waals surface area (Å²) in [7, 11) is -7.43. The van der Waals surface area contributed by atoms with Gasteiger partial charge in [-0.25, -0.2) is 26.3 Å². The molecule has 0 atom stereocenters. The van der Waals surface area contributed by atoms with Crippen LogP contribution in [0.4, 0.5) is 5.69 Å². The number of anilines is 1. The molecular formula is C19H25N3O5S2. The molecule has 29 heavy (non-hydrogen) atoms. The number of hydrogen-bond acceptors (Lipinski definition) is 5. The number of amides is 1. The number of sulfonamides is 2. The van der Waals surface area contributed by atoms with Crippen molar-refractivity contribution in [3.63, 3.8) is 0 Å². The van der Waals surface area contributed by atoms with E-state index in [1.807, 2.05) is 0 Å². The average Bonchev–Trinajstić information content (AvgIpc) is 2.60. The number of rotatable bonds is 8. The molecule has 2 aromatic rings. The summed E-state index contributed by atoms with van der Waals surface area (Å²) in [5, 5.41) is 2.58. The van der Waals surface area contributed by atoms with Crippen LogP contribution in [0.1, 0.15) is 27.2 Å². The van der Waals surface area contributed by atoms with Crippen molar-refractivity contribution >= 4 is 31.6 Å². The SMILES string of the molecule is CC(C)(C)NS(=O)(=O)c1cccc(NC(=O)CCNS(=O)(=O)c2ccccc2)c1. The zero-order chi connectivity index (χ0) is 21.7. The summed E-state index contributed by atoms with van der Waals surface area (Å²) in [4.78, 5) is 12.3. The Labute approximate surface area is 171 Å². The predicted octanol–water partition coefficient (Wildman–Crippen LogP) is 2.07. The Morgan fingerprint density at radius 1 is 0.862 bits per heavy atom. The van der Waals surface area contributed by atoms with Crippen LogP contribution in [0.15, 0.2) is 64.4 Å². The first kappa shape index (κ1) is 23.0. The maximum Gasteiger partial charge on any atom is 0.241 e. The van der Waals surface area contributed by atoms with Crippen molar-refractivity contribution in [2.45, 2.75) is 42.5 Å². The van der Waals surface area contributed by atoms with Gasteiger partial charge in [-0.05, 0) is 51.1 Å². The second kappa shape index (κ2) is 9.04. The first-order valence-corrected chi connectivity index (χ1v) is 11.8. The fraction of sp³-hybridized carbons (Fsp3) is 0.316. The van der Waals surface area contributed by atoms with E-state index in [0.717, 1.165) is 0 Å². The van der Waals surface area contributed by atoms with Gasteiger partial charge in [-0.1, -0.05) is 24.3 Å². The fourth-order valence-electron chi connectivity index (χ4n) is 2.41. The molecule has 158 valence electrons. The normalized spacial score (nSPS) is 12.5. The molecule has 2 rings (SSSR count). The molecule has 0 heterocycles. The lowest BCUT2D eigenvalue weighted by atomic mass is 10.1. The van der Waals surface area contributed by atoms with Crippen LogP contribution < -0.4 is 14.8 Å². The van der Waals surface area contributed by atoms with Crippen LogP contribution in [0.2, 0.25) is 0 Å². The summed E-state index contributed by atoms with van der Waals surface area (Å²) in [6, 6.07) is 13.7. The van der Waals surface area contributed by atoms with Crippen molar-refractivity contribution in [2.24, 2.45) is 0 Å². The van der Waals surface area contributed by atoms with Crippen molar-refractivity contribution in [1.29, 1.82) is 0 Å². The maximum atomic E-state index is 12.4. The smallest absolute Gasteiger partial charge is 0.241 e. The molecule has 2 aromatic carbocycles. The Morgan fingerprint density at radius 3 is 2.10 bits per heavy atom. The molecule has 0 unspecified atom stereocenters. The largest absolute Gasteiger partial charge is 0.326 e. The van der Waals surface area contributed by atoms with Gasteiger partial charge in [0.1, 0.15) is 0 Å². The van der Waals surface area contributed by atoms with E-state index in [2.05, 4.69) is 14.8 Å². The predicted molar refractivity (Wildman–Crippen MR) is 111 cm³/mol. The van der Waals surface area contributed by atoms with Crippen LogP contribution >= 0.6 is 0 Å². The van der Waals surface area contributed by atoms with E-state index in [0.29, 0.717) is 5.69 Å². The van der Waals surface area contributed by atoms with Gasteiger partial charge in [0.2, 0.25) is 26.0 Å². The Morgan fingerprint density at radius 2 is 1.48 bits per heavy atom. The van der Waals surface area contributed by atoms with Crippen molar-refractivity contribution in [3.05, 3.63) is 54.6 Å². The minimum absolute atomic E-state index is 0.0232. The standard InChI is InChI=1S/C19H25N3O5S2/c1-19(2,3)22-29(26,27)17-11-7-8-15(14-17)21-18(23)12-13-20-28(24,25)16-9-5-4-6-10-16/h4-11,14,20,22H,12-13H2,1-3H3,(H,21,23). The van der Waals surface area contributed by atoms with Crippen LogP contribution in [-0.2, 0) is 24.8 Å². The van der Waals surface area contributed by atoms with E-state index < -0.39 is 31.5 Å². The minimum atomic E-state index is -3.74. The van der Waals surface area contributed by atoms with E-state index >= 15 is 0 Å². The first-order valence-electron chi connectivity index (χ1n) is 8.88. The number of carbonyl (C=O) groups excluding carboxylic acids is 1. The lowest BCUT2D eigenvalue weighted by molar-refractivity contribution is -0.116. The molecular weight excluding hydrogens is 414 g/mol. The van der Waals surface area contributed by atoms with Gasteiger partial charge in [0.25, 0.3) is 0 Å². The first-order chi connectivity index (χ1) is 13.4. The lowest BCUT2D eigenvalue weighted by Crippen LogP contribution is -2.40. The zero-order valence-electron chi connectivity index (χ0n) is 16.5. The van der Waals surface area contributed by atoms with Crippen molar-refractivity contribution in [1.82, 2.24) is 9.44 Å². The topological polar surface area (TPSA) is 121 Å². The van der Waals surface area contributed by atoms with Crippen molar-refractivity contribution < 1.29 is 21.6 Å². The second-order valence-electron chi connectivity index (χ2n) is 7.39. The van der Waals surface area contributed by atoms with E-state index in [9.17, 15) is 21.6 Å². The molecule has 0 aliphatic rings. The van der Waals surface area contributed by atoms with Crippen LogP contribution in [-0.4, -0.2) is 34.8 Å². The minimum Gasteiger partial charge on any atom is -0.326 e. The highest BCUT2D eigenvalue weighted by atomic mass is 32.2. The summed E-state index contributed by atoms with van der Waals surface area (Å²) in [5.41, 5.74) is -0.341. The molecule has 0 radical (unpaired) electrons. The van der Waals surface area contributed by atoms with Gasteiger partial charge in [0.05, 0.1) is 9.79 Å². The number of nitrogens with one attached hydrogen (secondary N) is 3. The lowest BCUT2D eigenvalue weighted by Gasteiger charge is -2.20. The Kier molecular flexibility index (Phi) is 7.17. The molecule has 0 fully saturated rings. The molecule has 3 N–H and O–H groups in total. The highest BCUT2D eigenvalue weighted by molar-refractivity contribution is 7.89. The molecule has 0 aliphatic carbocycles. The summed E-state index contributed by atoms with van der Waals surface area (Å²) in [6.45, 7) is 5.10. The van der Waals surface area contributed by atoms with Gasteiger partial charge in [-0.2, -0.15) is 0 Å². The van der Waals surface area contributed by atoms with E-state index in [4.69, 9.17) is 0 Å². The van der Waals surface area contributed by atoms with Gasteiger partial charge in [0, 0.05) is 24.2 Å². The quantitative estimate of drug-likeness (QED) is 0.581. The molecule has 0 saturated carbocycles. The van der Waals surface area contributed by atoms with E-state index in [1.54, 1.807) is 45.0 Å². The van der Waals surface area contributed by atoms with Crippen molar-refractivity contribution in [2.75, 3.05) is 11.9 Å². The number of carbonyl (C=O) groups is 1. The molecule has 0 aliphatic heterocycles. The summed E-state index contributed by atoms with van der Waals surface area (Å²) in [6.07, 6.45) is -0.108. The third kappa shape index (κ3) is 7.24. The number of hydrogen-bond donors (Lipinski definition) is 3. The van der Waals surface area contributed by atoms with Crippen molar-refractivity contribution in [3.8, 4) is 0 Å². The zero-order valence-corrected chi connectivity index (χ0v) is 18.1.